The Morgan fingerprint density at radius 3 is 2.55 bits per heavy atom. The standard InChI is InChI=1S/C15H21N3O4/c1-9-7-11(16-12(19)8-9)17-13(20)10-5-6-18(10)14(21)22-15(2,3)4/h7-8,10H,5-6H2,1-4H3,(H2,16,17,19,20)/t10-/m1/s1. The van der Waals surface area contributed by atoms with Crippen molar-refractivity contribution in [2.45, 2.75) is 45.8 Å². The summed E-state index contributed by atoms with van der Waals surface area (Å²) in [5.74, 6) is -0.00982. The summed E-state index contributed by atoms with van der Waals surface area (Å²) in [4.78, 5) is 39.5. The van der Waals surface area contributed by atoms with Crippen LogP contribution in [0.25, 0.3) is 0 Å². The highest BCUT2D eigenvalue weighted by molar-refractivity contribution is 5.96. The largest absolute Gasteiger partial charge is 0.444 e. The first-order valence-corrected chi connectivity index (χ1v) is 7.17. The average molecular weight is 307 g/mol. The van der Waals surface area contributed by atoms with Crippen LogP contribution in [0, 0.1) is 6.92 Å². The fourth-order valence-corrected chi connectivity index (χ4v) is 2.16. The molecule has 0 aliphatic carbocycles. The quantitative estimate of drug-likeness (QED) is 0.868. The van der Waals surface area contributed by atoms with Gasteiger partial charge in [0.2, 0.25) is 11.5 Å². The van der Waals surface area contributed by atoms with Gasteiger partial charge < -0.3 is 15.0 Å². The van der Waals surface area contributed by atoms with Gasteiger partial charge in [0.15, 0.2) is 0 Å². The molecular formula is C15H21N3O4. The highest BCUT2D eigenvalue weighted by atomic mass is 16.6. The molecular weight excluding hydrogens is 286 g/mol. The normalized spacial score (nSPS) is 17.6. The molecule has 1 aliphatic heterocycles. The van der Waals surface area contributed by atoms with Crippen LogP contribution in [0.4, 0.5) is 10.6 Å². The predicted molar refractivity (Wildman–Crippen MR) is 81.8 cm³/mol. The second kappa shape index (κ2) is 5.82. The van der Waals surface area contributed by atoms with E-state index in [0.29, 0.717) is 18.8 Å². The molecule has 1 saturated heterocycles. The number of aryl methyl sites for hydroxylation is 1. The Kier molecular flexibility index (Phi) is 4.25. The molecule has 1 aromatic heterocycles. The summed E-state index contributed by atoms with van der Waals surface area (Å²) in [6.45, 7) is 7.57. The molecule has 0 bridgehead atoms. The van der Waals surface area contributed by atoms with Crippen molar-refractivity contribution in [3.8, 4) is 0 Å². The van der Waals surface area contributed by atoms with Crippen LogP contribution in [0.1, 0.15) is 32.8 Å². The van der Waals surface area contributed by atoms with E-state index in [1.54, 1.807) is 33.8 Å². The fourth-order valence-electron chi connectivity index (χ4n) is 2.16. The minimum atomic E-state index is -0.602. The Morgan fingerprint density at radius 2 is 2.05 bits per heavy atom. The van der Waals surface area contributed by atoms with Gasteiger partial charge in [-0.2, -0.15) is 0 Å². The van der Waals surface area contributed by atoms with Crippen molar-refractivity contribution in [2.24, 2.45) is 0 Å². The zero-order valence-corrected chi connectivity index (χ0v) is 13.2. The summed E-state index contributed by atoms with van der Waals surface area (Å²) in [5.41, 5.74) is -0.139. The van der Waals surface area contributed by atoms with Crippen molar-refractivity contribution in [3.05, 3.63) is 28.0 Å². The first-order valence-electron chi connectivity index (χ1n) is 7.17. The molecule has 0 radical (unpaired) electrons. The summed E-state index contributed by atoms with van der Waals surface area (Å²) in [6, 6.07) is 2.53. The van der Waals surface area contributed by atoms with Crippen molar-refractivity contribution in [2.75, 3.05) is 11.9 Å². The number of ether oxygens (including phenoxy) is 1. The van der Waals surface area contributed by atoms with Gasteiger partial charge in [0.1, 0.15) is 17.5 Å². The third kappa shape index (κ3) is 3.87. The molecule has 2 heterocycles. The van der Waals surface area contributed by atoms with E-state index in [1.807, 2.05) is 0 Å². The van der Waals surface area contributed by atoms with Crippen LogP contribution in [0.5, 0.6) is 0 Å². The summed E-state index contributed by atoms with van der Waals surface area (Å²) in [7, 11) is 0. The second-order valence-corrected chi connectivity index (χ2v) is 6.40. The second-order valence-electron chi connectivity index (χ2n) is 6.40. The van der Waals surface area contributed by atoms with Gasteiger partial charge in [-0.1, -0.05) is 0 Å². The Labute approximate surface area is 128 Å². The number of H-pyrrole nitrogens is 1. The molecule has 1 aliphatic rings. The Hall–Kier alpha value is -2.31. The molecule has 1 fully saturated rings. The van der Waals surface area contributed by atoms with Gasteiger partial charge in [0.05, 0.1) is 0 Å². The van der Waals surface area contributed by atoms with Crippen LogP contribution >= 0.6 is 0 Å². The number of nitrogens with zero attached hydrogens (tertiary/aromatic N) is 1. The molecule has 1 aromatic rings. The fraction of sp³-hybridized carbons (Fsp3) is 0.533. The van der Waals surface area contributed by atoms with Crippen molar-refractivity contribution in [1.82, 2.24) is 9.88 Å². The van der Waals surface area contributed by atoms with Crippen LogP contribution in [0.15, 0.2) is 16.9 Å². The minimum Gasteiger partial charge on any atom is -0.444 e. The summed E-state index contributed by atoms with van der Waals surface area (Å²) >= 11 is 0. The van der Waals surface area contributed by atoms with Crippen LogP contribution in [-0.4, -0.2) is 40.1 Å². The Bertz CT molecular complexity index is 645. The maximum atomic E-state index is 12.2. The number of anilines is 1. The van der Waals surface area contributed by atoms with E-state index in [1.165, 1.54) is 11.0 Å². The Morgan fingerprint density at radius 1 is 1.36 bits per heavy atom. The lowest BCUT2D eigenvalue weighted by atomic mass is 10.0. The lowest BCUT2D eigenvalue weighted by Gasteiger charge is -2.40. The maximum absolute atomic E-state index is 12.2. The number of hydrogen-bond donors (Lipinski definition) is 2. The number of hydrogen-bond acceptors (Lipinski definition) is 4. The smallest absolute Gasteiger partial charge is 0.410 e. The van der Waals surface area contributed by atoms with E-state index in [0.717, 1.165) is 5.56 Å². The molecule has 1 atom stereocenters. The van der Waals surface area contributed by atoms with Gasteiger partial charge in [0, 0.05) is 12.6 Å². The lowest BCUT2D eigenvalue weighted by Crippen LogP contribution is -2.57. The highest BCUT2D eigenvalue weighted by Gasteiger charge is 2.39. The van der Waals surface area contributed by atoms with Gasteiger partial charge in [-0.15, -0.1) is 0 Å². The van der Waals surface area contributed by atoms with Gasteiger partial charge in [-0.25, -0.2) is 4.79 Å². The third-order valence-electron chi connectivity index (χ3n) is 3.20. The SMILES string of the molecule is Cc1cc(NC(=O)[C@H]2CCN2C(=O)OC(C)(C)C)[nH]c(=O)c1. The van der Waals surface area contributed by atoms with Gasteiger partial charge >= 0.3 is 6.09 Å². The minimum absolute atomic E-state index is 0.284. The first-order chi connectivity index (χ1) is 10.2. The van der Waals surface area contributed by atoms with E-state index < -0.39 is 17.7 Å². The number of rotatable bonds is 2. The van der Waals surface area contributed by atoms with Crippen LogP contribution in [0.3, 0.4) is 0 Å². The number of aromatic amines is 1. The highest BCUT2D eigenvalue weighted by Crippen LogP contribution is 2.22. The summed E-state index contributed by atoms with van der Waals surface area (Å²) < 4.78 is 5.26. The monoisotopic (exact) mass is 307 g/mol. The molecule has 7 heteroatoms. The van der Waals surface area contributed by atoms with Crippen molar-refractivity contribution < 1.29 is 14.3 Å². The van der Waals surface area contributed by atoms with Crippen molar-refractivity contribution in [1.29, 1.82) is 0 Å². The number of carbonyl (C=O) groups is 2. The molecule has 0 aromatic carbocycles. The molecule has 22 heavy (non-hydrogen) atoms. The Balaban J connectivity index is 2.01. The van der Waals surface area contributed by atoms with Crippen LogP contribution < -0.4 is 10.9 Å². The van der Waals surface area contributed by atoms with E-state index in [9.17, 15) is 14.4 Å². The van der Waals surface area contributed by atoms with E-state index >= 15 is 0 Å². The van der Waals surface area contributed by atoms with Crippen molar-refractivity contribution in [3.63, 3.8) is 0 Å². The molecule has 0 unspecified atom stereocenters. The van der Waals surface area contributed by atoms with Gasteiger partial charge in [-0.05, 0) is 45.7 Å². The van der Waals surface area contributed by atoms with Crippen LogP contribution in [0.2, 0.25) is 0 Å². The lowest BCUT2D eigenvalue weighted by molar-refractivity contribution is -0.125. The topological polar surface area (TPSA) is 91.5 Å². The summed E-state index contributed by atoms with van der Waals surface area (Å²) in [5, 5.41) is 2.63. The molecule has 7 nitrogen and oxygen atoms in total. The number of carbonyl (C=O) groups excluding carboxylic acids is 2. The van der Waals surface area contributed by atoms with Crippen molar-refractivity contribution >= 4 is 17.8 Å². The molecule has 120 valence electrons. The molecule has 2 amide bonds. The number of nitrogens with one attached hydrogen (secondary N) is 2. The predicted octanol–water partition coefficient (Wildman–Crippen LogP) is 1.63. The van der Waals surface area contributed by atoms with Crippen LogP contribution in [-0.2, 0) is 9.53 Å². The molecule has 2 rings (SSSR count). The molecule has 2 N–H and O–H groups in total. The number of amides is 2. The summed E-state index contributed by atoms with van der Waals surface area (Å²) in [6.07, 6.45) is 0.0674. The number of pyridine rings is 1. The molecule has 0 saturated carbocycles. The zero-order chi connectivity index (χ0) is 16.5. The average Bonchev–Trinajstić information content (AvgIpc) is 2.21. The third-order valence-corrected chi connectivity index (χ3v) is 3.20. The number of aromatic nitrogens is 1. The molecule has 0 spiro atoms. The van der Waals surface area contributed by atoms with E-state index in [-0.39, 0.29) is 11.5 Å². The van der Waals surface area contributed by atoms with E-state index in [4.69, 9.17) is 4.74 Å². The first kappa shape index (κ1) is 16.1. The maximum Gasteiger partial charge on any atom is 0.410 e. The van der Waals surface area contributed by atoms with Gasteiger partial charge in [0.25, 0.3) is 0 Å². The van der Waals surface area contributed by atoms with E-state index in [2.05, 4.69) is 10.3 Å². The van der Waals surface area contributed by atoms with Gasteiger partial charge in [-0.3, -0.25) is 14.5 Å². The zero-order valence-electron chi connectivity index (χ0n) is 13.2. The number of likely N-dealkylation sites (tertiary alicyclic amines) is 1.